The third kappa shape index (κ3) is 6.47. The van der Waals surface area contributed by atoms with E-state index in [9.17, 15) is 14.4 Å². The number of carbonyl (C=O) groups is 3. The van der Waals surface area contributed by atoms with Crippen LogP contribution in [-0.4, -0.2) is 70.0 Å². The van der Waals surface area contributed by atoms with Crippen molar-refractivity contribution < 1.29 is 19.1 Å². The number of fused-ring (bicyclic) bond motifs is 1. The summed E-state index contributed by atoms with van der Waals surface area (Å²) in [4.78, 5) is 46.7. The van der Waals surface area contributed by atoms with E-state index in [0.717, 1.165) is 10.0 Å². The predicted molar refractivity (Wildman–Crippen MR) is 159 cm³/mol. The van der Waals surface area contributed by atoms with Crippen molar-refractivity contribution in [2.75, 3.05) is 19.6 Å². The van der Waals surface area contributed by atoms with E-state index in [2.05, 4.69) is 21.2 Å². The predicted octanol–water partition coefficient (Wildman–Crippen LogP) is 5.77. The van der Waals surface area contributed by atoms with E-state index in [0.29, 0.717) is 46.8 Å². The van der Waals surface area contributed by atoms with E-state index < -0.39 is 5.60 Å². The number of ether oxygens (including phenoxy) is 1. The molecule has 40 heavy (non-hydrogen) atoms. The molecule has 2 aliphatic heterocycles. The van der Waals surface area contributed by atoms with Crippen molar-refractivity contribution in [2.24, 2.45) is 0 Å². The number of benzene rings is 2. The van der Waals surface area contributed by atoms with Crippen LogP contribution in [0.4, 0.5) is 4.79 Å². The SMILES string of the molecule is CC(C)(C)OC(=O)N1CC(N2CC(NC(=O)c3cc(/C=C/c4ccc(Cl)cc4)nc4ccc(Br)cc34)CC2=O)C1. The third-order valence-corrected chi connectivity index (χ3v) is 7.55. The fraction of sp³-hybridized carbons (Fsp3) is 0.333. The zero-order valence-electron chi connectivity index (χ0n) is 22.5. The van der Waals surface area contributed by atoms with Crippen molar-refractivity contribution in [3.05, 3.63) is 74.8 Å². The number of amides is 3. The highest BCUT2D eigenvalue weighted by Gasteiger charge is 2.43. The summed E-state index contributed by atoms with van der Waals surface area (Å²) in [6.07, 6.45) is 3.61. The van der Waals surface area contributed by atoms with Crippen LogP contribution in [0.1, 0.15) is 48.8 Å². The zero-order valence-corrected chi connectivity index (χ0v) is 24.8. The average molecular weight is 626 g/mol. The van der Waals surface area contributed by atoms with Gasteiger partial charge < -0.3 is 19.9 Å². The van der Waals surface area contributed by atoms with E-state index in [1.165, 1.54) is 0 Å². The quantitative estimate of drug-likeness (QED) is 0.389. The van der Waals surface area contributed by atoms with Gasteiger partial charge in [0, 0.05) is 40.9 Å². The van der Waals surface area contributed by atoms with Crippen LogP contribution >= 0.6 is 27.5 Å². The minimum absolute atomic E-state index is 0.0342. The molecule has 3 heterocycles. The molecular formula is C30H30BrClN4O4. The maximum Gasteiger partial charge on any atom is 0.410 e. The van der Waals surface area contributed by atoms with Crippen molar-refractivity contribution in [1.82, 2.24) is 20.1 Å². The maximum absolute atomic E-state index is 13.5. The molecule has 0 spiro atoms. The van der Waals surface area contributed by atoms with Crippen molar-refractivity contribution in [2.45, 2.75) is 44.9 Å². The second kappa shape index (κ2) is 11.2. The molecule has 8 nitrogen and oxygen atoms in total. The van der Waals surface area contributed by atoms with Crippen molar-refractivity contribution in [3.8, 4) is 0 Å². The van der Waals surface area contributed by atoms with Gasteiger partial charge in [0.05, 0.1) is 28.9 Å². The number of aromatic nitrogens is 1. The van der Waals surface area contributed by atoms with Gasteiger partial charge in [-0.1, -0.05) is 45.7 Å². The second-order valence-electron chi connectivity index (χ2n) is 11.1. The smallest absolute Gasteiger partial charge is 0.410 e. The Kier molecular flexibility index (Phi) is 7.88. The van der Waals surface area contributed by atoms with Crippen LogP contribution in [0.5, 0.6) is 0 Å². The summed E-state index contributed by atoms with van der Waals surface area (Å²) >= 11 is 9.48. The van der Waals surface area contributed by atoms with Crippen LogP contribution in [0.25, 0.3) is 23.1 Å². The normalized spacial score (nSPS) is 17.9. The summed E-state index contributed by atoms with van der Waals surface area (Å²) in [5, 5.41) is 4.43. The van der Waals surface area contributed by atoms with E-state index in [1.807, 2.05) is 75.4 Å². The fourth-order valence-corrected chi connectivity index (χ4v) is 5.31. The third-order valence-electron chi connectivity index (χ3n) is 6.80. The van der Waals surface area contributed by atoms with Gasteiger partial charge in [0.1, 0.15) is 5.60 Å². The molecule has 208 valence electrons. The topological polar surface area (TPSA) is 91.8 Å². The van der Waals surface area contributed by atoms with Gasteiger partial charge in [0.25, 0.3) is 5.91 Å². The molecule has 3 amide bonds. The van der Waals surface area contributed by atoms with Crippen LogP contribution in [0.15, 0.2) is 53.0 Å². The van der Waals surface area contributed by atoms with Crippen LogP contribution in [-0.2, 0) is 9.53 Å². The Balaban J connectivity index is 1.28. The Morgan fingerprint density at radius 2 is 1.80 bits per heavy atom. The summed E-state index contributed by atoms with van der Waals surface area (Å²) in [6.45, 7) is 6.71. The Morgan fingerprint density at radius 3 is 2.50 bits per heavy atom. The molecule has 2 aromatic carbocycles. The van der Waals surface area contributed by atoms with Gasteiger partial charge in [-0.25, -0.2) is 9.78 Å². The van der Waals surface area contributed by atoms with Crippen molar-refractivity contribution in [1.29, 1.82) is 0 Å². The first kappa shape index (κ1) is 28.1. The van der Waals surface area contributed by atoms with Gasteiger partial charge in [-0.15, -0.1) is 0 Å². The van der Waals surface area contributed by atoms with E-state index in [-0.39, 0.29) is 36.4 Å². The number of carbonyl (C=O) groups excluding carboxylic acids is 3. The number of halogens is 2. The molecule has 2 aliphatic rings. The first-order valence-electron chi connectivity index (χ1n) is 13.1. The summed E-state index contributed by atoms with van der Waals surface area (Å²) in [5.41, 5.74) is 2.19. The molecule has 3 aromatic rings. The van der Waals surface area contributed by atoms with E-state index in [1.54, 1.807) is 15.9 Å². The Labute approximate surface area is 246 Å². The molecular weight excluding hydrogens is 596 g/mol. The number of pyridine rings is 1. The van der Waals surface area contributed by atoms with E-state index >= 15 is 0 Å². The largest absolute Gasteiger partial charge is 0.444 e. The lowest BCUT2D eigenvalue weighted by atomic mass is 10.1. The Morgan fingerprint density at radius 1 is 1.07 bits per heavy atom. The second-order valence-corrected chi connectivity index (χ2v) is 12.5. The van der Waals surface area contributed by atoms with Gasteiger partial charge in [-0.3, -0.25) is 9.59 Å². The van der Waals surface area contributed by atoms with Crippen LogP contribution in [0.2, 0.25) is 5.02 Å². The molecule has 0 saturated carbocycles. The summed E-state index contributed by atoms with van der Waals surface area (Å²) < 4.78 is 6.25. The lowest BCUT2D eigenvalue weighted by molar-refractivity contribution is -0.132. The fourth-order valence-electron chi connectivity index (χ4n) is 4.82. The molecule has 0 radical (unpaired) electrons. The summed E-state index contributed by atoms with van der Waals surface area (Å²) in [5.74, 6) is -0.302. The minimum Gasteiger partial charge on any atom is -0.444 e. The molecule has 1 N–H and O–H groups in total. The molecule has 2 saturated heterocycles. The minimum atomic E-state index is -0.570. The highest BCUT2D eigenvalue weighted by atomic mass is 79.9. The van der Waals surface area contributed by atoms with Crippen molar-refractivity contribution >= 4 is 68.5 Å². The summed E-state index contributed by atoms with van der Waals surface area (Å²) in [6, 6.07) is 14.4. The number of likely N-dealkylation sites (tertiary alicyclic amines) is 2. The van der Waals surface area contributed by atoms with Gasteiger partial charge in [-0.05, 0) is 68.8 Å². The Bertz CT molecular complexity index is 1500. The van der Waals surface area contributed by atoms with E-state index in [4.69, 9.17) is 21.3 Å². The molecule has 0 aliphatic carbocycles. The maximum atomic E-state index is 13.5. The Hall–Kier alpha value is -3.43. The molecule has 1 unspecified atom stereocenters. The highest BCUT2D eigenvalue weighted by Crippen LogP contribution is 2.26. The van der Waals surface area contributed by atoms with Gasteiger partial charge in [-0.2, -0.15) is 0 Å². The van der Waals surface area contributed by atoms with Crippen LogP contribution in [0.3, 0.4) is 0 Å². The van der Waals surface area contributed by atoms with Crippen LogP contribution in [0, 0.1) is 0 Å². The number of nitrogens with zero attached hydrogens (tertiary/aromatic N) is 3. The van der Waals surface area contributed by atoms with Gasteiger partial charge in [0.2, 0.25) is 5.91 Å². The molecule has 5 rings (SSSR count). The summed E-state index contributed by atoms with van der Waals surface area (Å²) in [7, 11) is 0. The monoisotopic (exact) mass is 624 g/mol. The van der Waals surface area contributed by atoms with Gasteiger partial charge in [0.15, 0.2) is 0 Å². The molecule has 2 fully saturated rings. The van der Waals surface area contributed by atoms with Gasteiger partial charge >= 0.3 is 6.09 Å². The molecule has 0 bridgehead atoms. The van der Waals surface area contributed by atoms with Crippen LogP contribution < -0.4 is 5.32 Å². The average Bonchev–Trinajstić information content (AvgIpc) is 3.20. The zero-order chi connectivity index (χ0) is 28.6. The molecule has 1 atom stereocenters. The number of nitrogens with one attached hydrogen (secondary N) is 1. The van der Waals surface area contributed by atoms with Crippen molar-refractivity contribution in [3.63, 3.8) is 0 Å². The molecule has 1 aromatic heterocycles. The number of hydrogen-bond acceptors (Lipinski definition) is 5. The first-order valence-corrected chi connectivity index (χ1v) is 14.2. The number of rotatable bonds is 5. The lowest BCUT2D eigenvalue weighted by Crippen LogP contribution is -2.62. The number of hydrogen-bond donors (Lipinski definition) is 1. The highest BCUT2D eigenvalue weighted by molar-refractivity contribution is 9.10. The first-order chi connectivity index (χ1) is 18.9. The lowest BCUT2D eigenvalue weighted by Gasteiger charge is -2.44. The standard InChI is InChI=1S/C30H30BrClN4O4/c1-30(2,3)40-29(39)35-16-23(17-35)36-15-22(14-27(36)37)34-28(38)25-13-21(10-6-18-4-8-20(32)9-5-18)33-26-11-7-19(31)12-24(25)26/h4-13,22-23H,14-17H2,1-3H3,(H,34,38)/b10-6+. The molecule has 10 heteroatoms.